The predicted octanol–water partition coefficient (Wildman–Crippen LogP) is 3.34. The van der Waals surface area contributed by atoms with Crippen LogP contribution in [-0.2, 0) is 17.8 Å². The molecule has 0 radical (unpaired) electrons. The molecule has 27 heavy (non-hydrogen) atoms. The quantitative estimate of drug-likeness (QED) is 0.754. The maximum atomic E-state index is 12.3. The minimum absolute atomic E-state index is 0.0412. The van der Waals surface area contributed by atoms with Crippen molar-refractivity contribution in [2.24, 2.45) is 5.92 Å². The Bertz CT molecular complexity index is 725. The zero-order valence-corrected chi connectivity index (χ0v) is 16.9. The second kappa shape index (κ2) is 9.76. The van der Waals surface area contributed by atoms with E-state index < -0.39 is 0 Å². The first-order valence-electron chi connectivity index (χ1n) is 9.40. The van der Waals surface area contributed by atoms with Crippen LogP contribution in [0.4, 0.5) is 0 Å². The summed E-state index contributed by atoms with van der Waals surface area (Å²) in [5.74, 6) is 2.02. The van der Waals surface area contributed by atoms with Crippen LogP contribution in [0.2, 0.25) is 0 Å². The molecule has 2 heterocycles. The molecule has 0 aliphatic carbocycles. The number of methoxy groups -OCH3 is 2. The van der Waals surface area contributed by atoms with Gasteiger partial charge in [-0.05, 0) is 49.4 Å². The number of hydrogen-bond donors (Lipinski definition) is 1. The molecule has 1 amide bonds. The van der Waals surface area contributed by atoms with Crippen LogP contribution in [0.3, 0.4) is 0 Å². The Morgan fingerprint density at radius 2 is 2.04 bits per heavy atom. The summed E-state index contributed by atoms with van der Waals surface area (Å²) >= 11 is 1.82. The normalized spacial score (nSPS) is 15.5. The molecule has 0 bridgehead atoms. The summed E-state index contributed by atoms with van der Waals surface area (Å²) in [7, 11) is 3.23. The van der Waals surface area contributed by atoms with Crippen LogP contribution in [0.15, 0.2) is 35.7 Å². The lowest BCUT2D eigenvalue weighted by Gasteiger charge is -2.31. The molecule has 146 valence electrons. The largest absolute Gasteiger partial charge is 0.497 e. The van der Waals surface area contributed by atoms with Crippen molar-refractivity contribution in [2.75, 3.05) is 33.9 Å². The first kappa shape index (κ1) is 19.7. The molecule has 3 rings (SSSR count). The highest BCUT2D eigenvalue weighted by molar-refractivity contribution is 7.09. The first-order chi connectivity index (χ1) is 13.2. The molecule has 2 aromatic rings. The van der Waals surface area contributed by atoms with Crippen LogP contribution >= 0.6 is 11.3 Å². The number of piperidine rings is 1. The molecule has 1 N–H and O–H groups in total. The number of nitrogens with zero attached hydrogens (tertiary/aromatic N) is 1. The number of hydrogen-bond acceptors (Lipinski definition) is 5. The number of carbonyl (C=O) groups is 1. The zero-order chi connectivity index (χ0) is 19.1. The van der Waals surface area contributed by atoms with Gasteiger partial charge < -0.3 is 14.8 Å². The van der Waals surface area contributed by atoms with Crippen LogP contribution < -0.4 is 14.8 Å². The van der Waals surface area contributed by atoms with E-state index in [4.69, 9.17) is 9.47 Å². The van der Waals surface area contributed by atoms with Crippen molar-refractivity contribution in [1.29, 1.82) is 0 Å². The van der Waals surface area contributed by atoms with Crippen LogP contribution in [0.5, 0.6) is 11.5 Å². The van der Waals surface area contributed by atoms with Crippen molar-refractivity contribution in [1.82, 2.24) is 10.2 Å². The van der Waals surface area contributed by atoms with E-state index in [0.29, 0.717) is 18.1 Å². The lowest BCUT2D eigenvalue weighted by Crippen LogP contribution is -2.38. The number of amides is 1. The van der Waals surface area contributed by atoms with Crippen LogP contribution in [0.25, 0.3) is 0 Å². The zero-order valence-electron chi connectivity index (χ0n) is 16.1. The van der Waals surface area contributed by atoms with Crippen molar-refractivity contribution < 1.29 is 14.3 Å². The van der Waals surface area contributed by atoms with E-state index in [1.807, 2.05) is 29.5 Å². The Balaban J connectivity index is 1.41. The molecule has 1 aliphatic heterocycles. The van der Waals surface area contributed by atoms with E-state index in [1.165, 1.54) is 4.88 Å². The second-order valence-corrected chi connectivity index (χ2v) is 7.99. The third-order valence-corrected chi connectivity index (χ3v) is 5.96. The van der Waals surface area contributed by atoms with Crippen LogP contribution in [0, 0.1) is 5.92 Å². The van der Waals surface area contributed by atoms with E-state index in [2.05, 4.69) is 27.7 Å². The Morgan fingerprint density at radius 3 is 2.70 bits per heavy atom. The van der Waals surface area contributed by atoms with Crippen LogP contribution in [0.1, 0.15) is 23.3 Å². The van der Waals surface area contributed by atoms with E-state index in [1.54, 1.807) is 14.2 Å². The van der Waals surface area contributed by atoms with Crippen molar-refractivity contribution in [3.05, 3.63) is 46.2 Å². The number of nitrogens with one attached hydrogen (secondary N) is 1. The molecule has 1 fully saturated rings. The summed E-state index contributed by atoms with van der Waals surface area (Å²) in [4.78, 5) is 16.3. The van der Waals surface area contributed by atoms with Gasteiger partial charge in [0.2, 0.25) is 5.91 Å². The lowest BCUT2D eigenvalue weighted by atomic mass is 9.96. The van der Waals surface area contributed by atoms with Gasteiger partial charge in [0.15, 0.2) is 0 Å². The summed E-state index contributed by atoms with van der Waals surface area (Å²) in [5, 5.41) is 5.23. The topological polar surface area (TPSA) is 50.8 Å². The van der Waals surface area contributed by atoms with Gasteiger partial charge in [-0.15, -0.1) is 11.3 Å². The molecule has 1 aromatic heterocycles. The molecular weight excluding hydrogens is 360 g/mol. The van der Waals surface area contributed by atoms with Crippen molar-refractivity contribution in [2.45, 2.75) is 25.8 Å². The Hall–Kier alpha value is -2.05. The van der Waals surface area contributed by atoms with E-state index in [0.717, 1.165) is 50.3 Å². The summed E-state index contributed by atoms with van der Waals surface area (Å²) < 4.78 is 10.6. The Morgan fingerprint density at radius 1 is 1.22 bits per heavy atom. The molecule has 6 heteroatoms. The van der Waals surface area contributed by atoms with Gasteiger partial charge in [0.05, 0.1) is 20.6 Å². The maximum Gasteiger partial charge on any atom is 0.224 e. The molecule has 0 atom stereocenters. The molecule has 1 aromatic carbocycles. The SMILES string of the molecule is COc1ccc(CC(=O)NCC2CCN(Cc3cccs3)CC2)c(OC)c1. The molecular formula is C21H28N2O3S. The molecule has 0 spiro atoms. The fourth-order valence-corrected chi connectivity index (χ4v) is 4.21. The van der Waals surface area contributed by atoms with Gasteiger partial charge in [-0.1, -0.05) is 12.1 Å². The molecule has 0 saturated carbocycles. The van der Waals surface area contributed by atoms with Gasteiger partial charge in [0, 0.05) is 29.6 Å². The van der Waals surface area contributed by atoms with Gasteiger partial charge in [-0.25, -0.2) is 0 Å². The minimum Gasteiger partial charge on any atom is -0.497 e. The summed E-state index contributed by atoms with van der Waals surface area (Å²) in [6.07, 6.45) is 2.60. The number of carbonyl (C=O) groups excluding carboxylic acids is 1. The van der Waals surface area contributed by atoms with Crippen molar-refractivity contribution >= 4 is 17.2 Å². The van der Waals surface area contributed by atoms with Crippen molar-refractivity contribution in [3.63, 3.8) is 0 Å². The number of benzene rings is 1. The molecule has 1 aliphatic rings. The molecule has 0 unspecified atom stereocenters. The van der Waals surface area contributed by atoms with Crippen molar-refractivity contribution in [3.8, 4) is 11.5 Å². The molecule has 5 nitrogen and oxygen atoms in total. The third kappa shape index (κ3) is 5.71. The van der Waals surface area contributed by atoms with Gasteiger partial charge >= 0.3 is 0 Å². The fraction of sp³-hybridized carbons (Fsp3) is 0.476. The minimum atomic E-state index is 0.0412. The van der Waals surface area contributed by atoms with E-state index in [-0.39, 0.29) is 5.91 Å². The highest BCUT2D eigenvalue weighted by Crippen LogP contribution is 2.25. The van der Waals surface area contributed by atoms with E-state index >= 15 is 0 Å². The monoisotopic (exact) mass is 388 g/mol. The van der Waals surface area contributed by atoms with Gasteiger partial charge in [0.25, 0.3) is 0 Å². The van der Waals surface area contributed by atoms with Gasteiger partial charge in [-0.2, -0.15) is 0 Å². The summed E-state index contributed by atoms with van der Waals surface area (Å²) in [6, 6.07) is 9.87. The number of rotatable bonds is 8. The summed E-state index contributed by atoms with van der Waals surface area (Å²) in [5.41, 5.74) is 0.876. The predicted molar refractivity (Wildman–Crippen MR) is 109 cm³/mol. The van der Waals surface area contributed by atoms with E-state index in [9.17, 15) is 4.79 Å². The smallest absolute Gasteiger partial charge is 0.224 e. The maximum absolute atomic E-state index is 12.3. The first-order valence-corrected chi connectivity index (χ1v) is 10.3. The summed E-state index contributed by atoms with van der Waals surface area (Å²) in [6.45, 7) is 4.01. The highest BCUT2D eigenvalue weighted by Gasteiger charge is 2.20. The number of thiophene rings is 1. The average Bonchev–Trinajstić information content (AvgIpc) is 3.21. The fourth-order valence-electron chi connectivity index (χ4n) is 3.46. The number of ether oxygens (including phenoxy) is 2. The van der Waals surface area contributed by atoms with Gasteiger partial charge in [0.1, 0.15) is 11.5 Å². The second-order valence-electron chi connectivity index (χ2n) is 6.96. The third-order valence-electron chi connectivity index (χ3n) is 5.10. The lowest BCUT2D eigenvalue weighted by molar-refractivity contribution is -0.120. The van der Waals surface area contributed by atoms with Crippen LogP contribution in [-0.4, -0.2) is 44.7 Å². The highest BCUT2D eigenvalue weighted by atomic mass is 32.1. The average molecular weight is 389 g/mol. The molecule has 1 saturated heterocycles. The standard InChI is InChI=1S/C21H28N2O3S/c1-25-18-6-5-17(20(13-18)26-2)12-21(24)22-14-16-7-9-23(10-8-16)15-19-4-3-11-27-19/h3-6,11,13,16H,7-10,12,14-15H2,1-2H3,(H,22,24). The Kier molecular flexibility index (Phi) is 7.12. The Labute approximate surface area is 165 Å². The van der Waals surface area contributed by atoms with Gasteiger partial charge in [-0.3, -0.25) is 9.69 Å². The number of likely N-dealkylation sites (tertiary alicyclic amines) is 1.